The van der Waals surface area contributed by atoms with Gasteiger partial charge in [0.05, 0.1) is 7.11 Å². The van der Waals surface area contributed by atoms with Crippen LogP contribution in [0.1, 0.15) is 71.1 Å². The van der Waals surface area contributed by atoms with Crippen molar-refractivity contribution in [3.8, 4) is 11.5 Å². The molecule has 0 saturated heterocycles. The first-order valence-corrected chi connectivity index (χ1v) is 10.00. The van der Waals surface area contributed by atoms with Gasteiger partial charge in [0, 0.05) is 12.5 Å². The molecule has 1 aliphatic rings. The molecule has 27 heavy (non-hydrogen) atoms. The van der Waals surface area contributed by atoms with E-state index < -0.39 is 11.9 Å². The van der Waals surface area contributed by atoms with Gasteiger partial charge in [-0.1, -0.05) is 58.3 Å². The standard InChI is InChI=1S/C21H31NO5/c1-3-4-5-6-7-8-9-10-11-12-21(24)27-22-18-15-17(25-2)13-14-19(18)26-16-20(22)23/h13-15H,3-12,16H2,1-2H3. The van der Waals surface area contributed by atoms with E-state index in [2.05, 4.69) is 6.92 Å². The van der Waals surface area contributed by atoms with Crippen LogP contribution in [0.15, 0.2) is 18.2 Å². The number of benzene rings is 1. The monoisotopic (exact) mass is 377 g/mol. The van der Waals surface area contributed by atoms with Crippen molar-refractivity contribution in [2.45, 2.75) is 71.1 Å². The predicted molar refractivity (Wildman–Crippen MR) is 104 cm³/mol. The highest BCUT2D eigenvalue weighted by atomic mass is 16.7. The average Bonchev–Trinajstić information content (AvgIpc) is 2.68. The third kappa shape index (κ3) is 6.77. The Bertz CT molecular complexity index is 617. The van der Waals surface area contributed by atoms with E-state index in [1.54, 1.807) is 18.2 Å². The summed E-state index contributed by atoms with van der Waals surface area (Å²) in [5.74, 6) is 0.247. The highest BCUT2D eigenvalue weighted by molar-refractivity contribution is 5.97. The molecule has 1 aromatic rings. The topological polar surface area (TPSA) is 65.1 Å². The lowest BCUT2D eigenvalue weighted by Crippen LogP contribution is -2.40. The van der Waals surface area contributed by atoms with E-state index in [9.17, 15) is 9.59 Å². The molecular weight excluding hydrogens is 346 g/mol. The minimum Gasteiger partial charge on any atom is -0.497 e. The van der Waals surface area contributed by atoms with Gasteiger partial charge in [-0.15, -0.1) is 5.06 Å². The van der Waals surface area contributed by atoms with Gasteiger partial charge in [-0.3, -0.25) is 4.79 Å². The molecule has 0 saturated carbocycles. The summed E-state index contributed by atoms with van der Waals surface area (Å²) in [7, 11) is 1.54. The number of nitrogens with zero attached hydrogens (tertiary/aromatic N) is 1. The second-order valence-electron chi connectivity index (χ2n) is 6.85. The molecule has 150 valence electrons. The van der Waals surface area contributed by atoms with Crippen LogP contribution >= 0.6 is 0 Å². The number of carbonyl (C=O) groups is 2. The zero-order valence-electron chi connectivity index (χ0n) is 16.5. The van der Waals surface area contributed by atoms with Crippen molar-refractivity contribution in [3.05, 3.63) is 18.2 Å². The third-order valence-corrected chi connectivity index (χ3v) is 4.64. The van der Waals surface area contributed by atoms with Crippen molar-refractivity contribution in [3.63, 3.8) is 0 Å². The maximum Gasteiger partial charge on any atom is 0.333 e. The number of hydrogen-bond acceptors (Lipinski definition) is 5. The highest BCUT2D eigenvalue weighted by Gasteiger charge is 2.29. The summed E-state index contributed by atoms with van der Waals surface area (Å²) in [6, 6.07) is 5.05. The lowest BCUT2D eigenvalue weighted by Gasteiger charge is -2.27. The SMILES string of the molecule is CCCCCCCCCCCC(=O)ON1C(=O)COc2ccc(OC)cc21. The van der Waals surface area contributed by atoms with Crippen molar-refractivity contribution in [2.75, 3.05) is 18.8 Å². The summed E-state index contributed by atoms with van der Waals surface area (Å²) < 4.78 is 10.5. The van der Waals surface area contributed by atoms with E-state index in [1.807, 2.05) is 0 Å². The van der Waals surface area contributed by atoms with Crippen LogP contribution in [0, 0.1) is 0 Å². The van der Waals surface area contributed by atoms with Gasteiger partial charge in [-0.05, 0) is 18.6 Å². The molecule has 0 spiro atoms. The number of anilines is 1. The van der Waals surface area contributed by atoms with Gasteiger partial charge in [0.25, 0.3) is 5.91 Å². The number of hydrogen-bond donors (Lipinski definition) is 0. The number of fused-ring (bicyclic) bond motifs is 1. The van der Waals surface area contributed by atoms with Crippen molar-refractivity contribution < 1.29 is 23.9 Å². The van der Waals surface area contributed by atoms with E-state index >= 15 is 0 Å². The van der Waals surface area contributed by atoms with Crippen molar-refractivity contribution in [1.29, 1.82) is 0 Å². The quantitative estimate of drug-likeness (QED) is 0.490. The van der Waals surface area contributed by atoms with Crippen LogP contribution < -0.4 is 14.5 Å². The predicted octanol–water partition coefficient (Wildman–Crippen LogP) is 4.80. The van der Waals surface area contributed by atoms with Crippen LogP contribution in [0.2, 0.25) is 0 Å². The van der Waals surface area contributed by atoms with Crippen molar-refractivity contribution in [2.24, 2.45) is 0 Å². The maximum atomic E-state index is 12.1. The summed E-state index contributed by atoms with van der Waals surface area (Å²) in [4.78, 5) is 29.5. The van der Waals surface area contributed by atoms with E-state index in [0.29, 0.717) is 23.6 Å². The molecule has 1 aromatic carbocycles. The molecule has 1 aliphatic heterocycles. The first kappa shape index (κ1) is 21.1. The van der Waals surface area contributed by atoms with E-state index in [4.69, 9.17) is 14.3 Å². The van der Waals surface area contributed by atoms with Gasteiger partial charge in [0.15, 0.2) is 6.61 Å². The Balaban J connectivity index is 1.72. The Kier molecular flexibility index (Phi) is 8.95. The number of unbranched alkanes of at least 4 members (excludes halogenated alkanes) is 8. The molecule has 0 aliphatic carbocycles. The van der Waals surface area contributed by atoms with Gasteiger partial charge < -0.3 is 14.3 Å². The molecule has 0 aromatic heterocycles. The summed E-state index contributed by atoms with van der Waals surface area (Å²) >= 11 is 0. The number of carbonyl (C=O) groups excluding carboxylic acids is 2. The van der Waals surface area contributed by atoms with Gasteiger partial charge in [-0.2, -0.15) is 0 Å². The third-order valence-electron chi connectivity index (χ3n) is 4.64. The number of methoxy groups -OCH3 is 1. The minimum atomic E-state index is -0.406. The number of ether oxygens (including phenoxy) is 2. The molecular formula is C21H31NO5. The summed E-state index contributed by atoms with van der Waals surface area (Å²) in [5, 5.41) is 1.03. The van der Waals surface area contributed by atoms with Crippen molar-refractivity contribution in [1.82, 2.24) is 0 Å². The molecule has 0 N–H and O–H groups in total. The molecule has 1 heterocycles. The Morgan fingerprint density at radius 3 is 2.41 bits per heavy atom. The summed E-state index contributed by atoms with van der Waals surface area (Å²) in [6.07, 6.45) is 10.9. The smallest absolute Gasteiger partial charge is 0.333 e. The molecule has 6 nitrogen and oxygen atoms in total. The van der Waals surface area contributed by atoms with Crippen LogP contribution in [-0.4, -0.2) is 25.6 Å². The Morgan fingerprint density at radius 1 is 1.07 bits per heavy atom. The van der Waals surface area contributed by atoms with Crippen LogP contribution in [0.3, 0.4) is 0 Å². The Morgan fingerprint density at radius 2 is 1.74 bits per heavy atom. The largest absolute Gasteiger partial charge is 0.497 e. The first-order chi connectivity index (χ1) is 13.2. The zero-order chi connectivity index (χ0) is 19.5. The van der Waals surface area contributed by atoms with Crippen LogP contribution in [0.4, 0.5) is 5.69 Å². The second kappa shape index (κ2) is 11.5. The van der Waals surface area contributed by atoms with Gasteiger partial charge in [-0.25, -0.2) is 4.79 Å². The number of hydroxylamine groups is 1. The molecule has 0 radical (unpaired) electrons. The average molecular weight is 377 g/mol. The maximum absolute atomic E-state index is 12.1. The highest BCUT2D eigenvalue weighted by Crippen LogP contribution is 2.35. The minimum absolute atomic E-state index is 0.148. The van der Waals surface area contributed by atoms with Crippen molar-refractivity contribution >= 4 is 17.6 Å². The van der Waals surface area contributed by atoms with Crippen LogP contribution in [0.5, 0.6) is 11.5 Å². The van der Waals surface area contributed by atoms with Crippen LogP contribution in [-0.2, 0) is 14.4 Å². The van der Waals surface area contributed by atoms with Gasteiger partial charge in [0.1, 0.15) is 17.2 Å². The molecule has 2 rings (SSSR count). The fourth-order valence-corrected chi connectivity index (χ4v) is 3.06. The number of rotatable bonds is 12. The molecule has 0 fully saturated rings. The van der Waals surface area contributed by atoms with E-state index in [0.717, 1.165) is 24.3 Å². The Hall–Kier alpha value is -2.24. The lowest BCUT2D eigenvalue weighted by atomic mass is 10.1. The first-order valence-electron chi connectivity index (χ1n) is 10.00. The molecule has 6 heteroatoms. The van der Waals surface area contributed by atoms with E-state index in [1.165, 1.54) is 45.6 Å². The molecule has 0 atom stereocenters. The molecule has 1 amide bonds. The van der Waals surface area contributed by atoms with Crippen LogP contribution in [0.25, 0.3) is 0 Å². The second-order valence-corrected chi connectivity index (χ2v) is 6.85. The molecule has 0 bridgehead atoms. The zero-order valence-corrected chi connectivity index (χ0v) is 16.5. The fourth-order valence-electron chi connectivity index (χ4n) is 3.06. The van der Waals surface area contributed by atoms with Gasteiger partial charge >= 0.3 is 5.97 Å². The van der Waals surface area contributed by atoms with E-state index in [-0.39, 0.29) is 6.61 Å². The summed E-state index contributed by atoms with van der Waals surface area (Å²) in [6.45, 7) is 2.07. The lowest BCUT2D eigenvalue weighted by molar-refractivity contribution is -0.151. The Labute approximate surface area is 161 Å². The molecule has 0 unspecified atom stereocenters. The normalized spacial score (nSPS) is 13.1. The van der Waals surface area contributed by atoms with Gasteiger partial charge in [0.2, 0.25) is 0 Å². The summed E-state index contributed by atoms with van der Waals surface area (Å²) in [5.41, 5.74) is 0.394. The number of amides is 1. The fraction of sp³-hybridized carbons (Fsp3) is 0.619.